The second-order valence-electron chi connectivity index (χ2n) is 4.96. The van der Waals surface area contributed by atoms with E-state index in [2.05, 4.69) is 15.0 Å². The molecule has 0 aromatic carbocycles. The lowest BCUT2D eigenvalue weighted by molar-refractivity contribution is -0.987. The van der Waals surface area contributed by atoms with E-state index in [1.165, 1.54) is 0 Å². The van der Waals surface area contributed by atoms with Crippen molar-refractivity contribution in [2.75, 3.05) is 0 Å². The molecule has 132 valence electrons. The van der Waals surface area contributed by atoms with Crippen LogP contribution in [-0.2, 0) is 5.79 Å². The van der Waals surface area contributed by atoms with Crippen molar-refractivity contribution >= 4 is 0 Å². The molecule has 1 rings (SSSR count). The summed E-state index contributed by atoms with van der Waals surface area (Å²) in [4.78, 5) is 38.6. The van der Waals surface area contributed by atoms with E-state index in [-0.39, 0.29) is 0 Å². The Labute approximate surface area is 134 Å². The lowest BCUT2D eigenvalue weighted by atomic mass is 10.3. The summed E-state index contributed by atoms with van der Waals surface area (Å²) in [6.45, 7) is 6.25. The van der Waals surface area contributed by atoms with Crippen LogP contribution in [0.25, 0.3) is 0 Å². The summed E-state index contributed by atoms with van der Waals surface area (Å²) in [7, 11) is 0. The predicted octanol–water partition coefficient (Wildman–Crippen LogP) is 0.386. The number of ether oxygens (including phenoxy) is 2. The molecule has 0 atom stereocenters. The molecule has 0 aliphatic heterocycles. The van der Waals surface area contributed by atoms with Crippen molar-refractivity contribution in [3.8, 4) is 12.0 Å². The van der Waals surface area contributed by atoms with Crippen LogP contribution in [0.2, 0.25) is 0 Å². The van der Waals surface area contributed by atoms with Gasteiger partial charge in [0.05, 0.1) is 12.2 Å². The highest BCUT2D eigenvalue weighted by atomic mass is 16.7. The van der Waals surface area contributed by atoms with E-state index in [0.717, 1.165) is 0 Å². The third kappa shape index (κ3) is 3.58. The minimum atomic E-state index is -4.01. The first-order chi connectivity index (χ1) is 11.0. The van der Waals surface area contributed by atoms with Gasteiger partial charge in [0, 0.05) is 0 Å². The maximum absolute atomic E-state index is 11.1. The molecular formula is C10H14N6O8. The van der Waals surface area contributed by atoms with Gasteiger partial charge in [-0.1, -0.05) is 0 Å². The van der Waals surface area contributed by atoms with Gasteiger partial charge >= 0.3 is 23.6 Å². The van der Waals surface area contributed by atoms with Gasteiger partial charge in [-0.15, -0.1) is 4.98 Å². The maximum atomic E-state index is 11.1. The SMILES string of the molecule is CC(C)Oc1nc(OC(C)C)nc(C([N+](=O)[O-])([N+](=O)[O-])[N+](=O)[O-])n1. The van der Waals surface area contributed by atoms with Gasteiger partial charge in [-0.05, 0) is 27.7 Å². The normalized spacial score (nSPS) is 11.4. The average molecular weight is 346 g/mol. The van der Waals surface area contributed by atoms with E-state index < -0.39 is 50.6 Å². The van der Waals surface area contributed by atoms with Crippen LogP contribution in [0.1, 0.15) is 33.5 Å². The number of nitrogens with zero attached hydrogens (tertiary/aromatic N) is 6. The van der Waals surface area contributed by atoms with Crippen LogP contribution in [0.5, 0.6) is 12.0 Å². The first kappa shape index (κ1) is 18.9. The first-order valence-corrected chi connectivity index (χ1v) is 6.55. The van der Waals surface area contributed by atoms with E-state index in [1.54, 1.807) is 27.7 Å². The summed E-state index contributed by atoms with van der Waals surface area (Å²) < 4.78 is 10.2. The maximum Gasteiger partial charge on any atom is 0.763 e. The largest absolute Gasteiger partial charge is 0.763 e. The molecule has 0 spiro atoms. The fourth-order valence-electron chi connectivity index (χ4n) is 1.46. The van der Waals surface area contributed by atoms with Gasteiger partial charge in [0.25, 0.3) is 0 Å². The number of hydrogen-bond donors (Lipinski definition) is 0. The summed E-state index contributed by atoms with van der Waals surface area (Å²) in [5.74, 6) is -5.34. The Morgan fingerprint density at radius 2 is 1.12 bits per heavy atom. The quantitative estimate of drug-likeness (QED) is 0.359. The lowest BCUT2D eigenvalue weighted by Gasteiger charge is -2.13. The van der Waals surface area contributed by atoms with Crippen molar-refractivity contribution in [1.29, 1.82) is 0 Å². The smallest absolute Gasteiger partial charge is 0.461 e. The van der Waals surface area contributed by atoms with E-state index in [1.807, 2.05) is 0 Å². The molecule has 0 amide bonds. The van der Waals surface area contributed by atoms with Gasteiger partial charge in [0.15, 0.2) is 14.8 Å². The zero-order chi connectivity index (χ0) is 18.7. The number of nitro groups is 3. The molecule has 0 saturated carbocycles. The zero-order valence-electron chi connectivity index (χ0n) is 13.1. The molecule has 0 unspecified atom stereocenters. The van der Waals surface area contributed by atoms with Crippen LogP contribution in [0.4, 0.5) is 0 Å². The zero-order valence-corrected chi connectivity index (χ0v) is 13.1. The summed E-state index contributed by atoms with van der Waals surface area (Å²) in [6, 6.07) is -1.14. The van der Waals surface area contributed by atoms with Crippen molar-refractivity contribution in [3.05, 3.63) is 36.2 Å². The van der Waals surface area contributed by atoms with Crippen molar-refractivity contribution in [2.24, 2.45) is 0 Å². The van der Waals surface area contributed by atoms with Crippen LogP contribution in [0, 0.1) is 30.3 Å². The molecule has 0 saturated heterocycles. The van der Waals surface area contributed by atoms with Gasteiger partial charge in [-0.3, -0.25) is 30.3 Å². The van der Waals surface area contributed by atoms with E-state index >= 15 is 0 Å². The fourth-order valence-corrected chi connectivity index (χ4v) is 1.46. The Morgan fingerprint density at radius 1 is 0.792 bits per heavy atom. The van der Waals surface area contributed by atoms with Gasteiger partial charge in [-0.2, -0.15) is 9.97 Å². The van der Waals surface area contributed by atoms with Crippen molar-refractivity contribution < 1.29 is 24.2 Å². The summed E-state index contributed by atoms with van der Waals surface area (Å²) in [6.07, 6.45) is -1.02. The second kappa shape index (κ2) is 6.93. The highest BCUT2D eigenvalue weighted by molar-refractivity contribution is 5.08. The number of rotatable bonds is 8. The molecule has 0 fully saturated rings. The molecular weight excluding hydrogens is 332 g/mol. The Hall–Kier alpha value is -3.19. The topological polar surface area (TPSA) is 187 Å². The minimum Gasteiger partial charge on any atom is -0.461 e. The lowest BCUT2D eigenvalue weighted by Crippen LogP contribution is -2.51. The Bertz CT molecular complexity index is 598. The minimum absolute atomic E-state index is 0.511. The van der Waals surface area contributed by atoms with Gasteiger partial charge < -0.3 is 9.47 Å². The molecule has 0 N–H and O–H groups in total. The van der Waals surface area contributed by atoms with E-state index in [0.29, 0.717) is 0 Å². The molecule has 0 aliphatic rings. The van der Waals surface area contributed by atoms with Crippen molar-refractivity contribution in [3.63, 3.8) is 0 Å². The third-order valence-electron chi connectivity index (χ3n) is 2.34. The highest BCUT2D eigenvalue weighted by Crippen LogP contribution is 2.26. The summed E-state index contributed by atoms with van der Waals surface area (Å²) >= 11 is 0. The van der Waals surface area contributed by atoms with Crippen molar-refractivity contribution in [1.82, 2.24) is 15.0 Å². The summed E-state index contributed by atoms with van der Waals surface area (Å²) in [5, 5.41) is 33.3. The third-order valence-corrected chi connectivity index (χ3v) is 2.34. The van der Waals surface area contributed by atoms with Gasteiger partial charge in [-0.25, -0.2) is 0 Å². The van der Waals surface area contributed by atoms with E-state index in [4.69, 9.17) is 9.47 Å². The Balaban J connectivity index is 3.66. The van der Waals surface area contributed by atoms with Crippen LogP contribution in [0.15, 0.2) is 0 Å². The van der Waals surface area contributed by atoms with Crippen LogP contribution >= 0.6 is 0 Å². The van der Waals surface area contributed by atoms with Gasteiger partial charge in [0.2, 0.25) is 0 Å². The second-order valence-corrected chi connectivity index (χ2v) is 4.96. The van der Waals surface area contributed by atoms with Crippen LogP contribution in [0.3, 0.4) is 0 Å². The monoisotopic (exact) mass is 346 g/mol. The molecule has 1 heterocycles. The molecule has 14 nitrogen and oxygen atoms in total. The van der Waals surface area contributed by atoms with Gasteiger partial charge in [0.1, 0.15) is 0 Å². The molecule has 1 aromatic rings. The first-order valence-electron chi connectivity index (χ1n) is 6.55. The molecule has 1 aromatic heterocycles. The van der Waals surface area contributed by atoms with Crippen molar-refractivity contribution in [2.45, 2.75) is 45.7 Å². The predicted molar refractivity (Wildman–Crippen MR) is 74.0 cm³/mol. The molecule has 0 radical (unpaired) electrons. The summed E-state index contributed by atoms with van der Waals surface area (Å²) in [5.41, 5.74) is 0. The number of hydrogen-bond acceptors (Lipinski definition) is 11. The fraction of sp³-hybridized carbons (Fsp3) is 0.700. The molecule has 0 aliphatic carbocycles. The molecule has 14 heteroatoms. The average Bonchev–Trinajstić information content (AvgIpc) is 2.35. The van der Waals surface area contributed by atoms with Crippen LogP contribution in [-0.4, -0.2) is 41.9 Å². The number of aromatic nitrogens is 3. The van der Waals surface area contributed by atoms with E-state index in [9.17, 15) is 30.3 Å². The molecule has 0 bridgehead atoms. The molecule has 24 heavy (non-hydrogen) atoms. The standard InChI is InChI=1S/C10H14N6O8/c1-5(2)23-8-11-7(12-9(13-8)24-6(3)4)10(14(17)18,15(19)20)16(21)22/h5-6H,1-4H3. The van der Waals surface area contributed by atoms with Crippen LogP contribution < -0.4 is 9.47 Å². The highest BCUT2D eigenvalue weighted by Gasteiger charge is 2.76. The Kier molecular flexibility index (Phi) is 5.44. The Morgan fingerprint density at radius 3 is 1.38 bits per heavy atom.